The first-order valence-corrected chi connectivity index (χ1v) is 10.1. The number of fused-ring (bicyclic) bond motifs is 1. The number of nitrogens with zero attached hydrogens (tertiary/aromatic N) is 1. The highest BCUT2D eigenvalue weighted by Crippen LogP contribution is 2.37. The maximum absolute atomic E-state index is 13.2. The van der Waals surface area contributed by atoms with Gasteiger partial charge in [-0.25, -0.2) is 17.6 Å². The number of carbonyl (C=O) groups excluding carboxylic acids is 1. The van der Waals surface area contributed by atoms with Crippen molar-refractivity contribution in [3.63, 3.8) is 0 Å². The molecule has 0 bridgehead atoms. The van der Waals surface area contributed by atoms with Crippen LogP contribution in [0.1, 0.15) is 17.2 Å². The zero-order chi connectivity index (χ0) is 19.2. The molecule has 2 aromatic rings. The van der Waals surface area contributed by atoms with Crippen molar-refractivity contribution in [2.45, 2.75) is 24.0 Å². The van der Waals surface area contributed by atoms with Gasteiger partial charge in [-0.15, -0.1) is 0 Å². The van der Waals surface area contributed by atoms with Crippen molar-refractivity contribution >= 4 is 16.1 Å². The molecule has 8 heteroatoms. The Morgan fingerprint density at radius 2 is 1.74 bits per heavy atom. The van der Waals surface area contributed by atoms with Crippen LogP contribution in [0.15, 0.2) is 53.4 Å². The van der Waals surface area contributed by atoms with Gasteiger partial charge in [0.15, 0.2) is 0 Å². The van der Waals surface area contributed by atoms with Gasteiger partial charge in [-0.05, 0) is 36.8 Å². The van der Waals surface area contributed by atoms with E-state index in [1.165, 1.54) is 16.4 Å². The Labute approximate surface area is 157 Å². The van der Waals surface area contributed by atoms with Crippen LogP contribution in [0, 0.1) is 18.7 Å². The number of carbonyl (C=O) groups is 1. The predicted octanol–water partition coefficient (Wildman–Crippen LogP) is 2.60. The summed E-state index contributed by atoms with van der Waals surface area (Å²) in [7, 11) is -3.69. The topological polar surface area (TPSA) is 75.7 Å². The molecule has 2 aliphatic heterocycles. The van der Waals surface area contributed by atoms with Crippen LogP contribution in [0.4, 0.5) is 9.18 Å². The lowest BCUT2D eigenvalue weighted by Crippen LogP contribution is -2.46. The molecule has 3 atom stereocenters. The SMILES string of the molecule is Cc1ccc(S(=O)(=O)N2CC3C(c4ccc(F)cc4)NC(=O)O[C@@H]3C2)cc1. The van der Waals surface area contributed by atoms with Gasteiger partial charge in [0.1, 0.15) is 11.9 Å². The minimum Gasteiger partial charge on any atom is -0.444 e. The summed E-state index contributed by atoms with van der Waals surface area (Å²) in [5, 5.41) is 2.74. The van der Waals surface area contributed by atoms with E-state index in [2.05, 4.69) is 5.32 Å². The van der Waals surface area contributed by atoms with Crippen LogP contribution in [0.25, 0.3) is 0 Å². The third kappa shape index (κ3) is 3.30. The van der Waals surface area contributed by atoms with Crippen LogP contribution in [0.2, 0.25) is 0 Å². The molecule has 142 valence electrons. The van der Waals surface area contributed by atoms with Crippen molar-refractivity contribution in [1.82, 2.24) is 9.62 Å². The van der Waals surface area contributed by atoms with Crippen molar-refractivity contribution in [3.8, 4) is 0 Å². The molecule has 0 radical (unpaired) electrons. The van der Waals surface area contributed by atoms with E-state index >= 15 is 0 Å². The molecule has 4 rings (SSSR count). The second-order valence-corrected chi connectivity index (χ2v) is 8.85. The second-order valence-electron chi connectivity index (χ2n) is 6.92. The standard InChI is InChI=1S/C19H19FN2O4S/c1-12-2-8-15(9-3-12)27(24,25)22-10-16-17(11-22)26-19(23)21-18(16)13-4-6-14(20)7-5-13/h2-9,16-18H,10-11H2,1H3,(H,21,23)/t16?,17-,18?/m1/s1. The predicted molar refractivity (Wildman–Crippen MR) is 96.0 cm³/mol. The van der Waals surface area contributed by atoms with Crippen molar-refractivity contribution in [2.75, 3.05) is 13.1 Å². The molecule has 2 unspecified atom stereocenters. The fourth-order valence-electron chi connectivity index (χ4n) is 3.67. The quantitative estimate of drug-likeness (QED) is 0.874. The fourth-order valence-corrected chi connectivity index (χ4v) is 5.16. The van der Waals surface area contributed by atoms with Crippen molar-refractivity contribution in [1.29, 1.82) is 0 Å². The number of alkyl carbamates (subject to hydrolysis) is 1. The largest absolute Gasteiger partial charge is 0.444 e. The first-order valence-electron chi connectivity index (χ1n) is 8.64. The number of hydrogen-bond acceptors (Lipinski definition) is 4. The Bertz CT molecular complexity index is 960. The van der Waals surface area contributed by atoms with E-state index in [-0.39, 0.29) is 29.7 Å². The zero-order valence-corrected chi connectivity index (χ0v) is 15.4. The Balaban J connectivity index is 1.62. The summed E-state index contributed by atoms with van der Waals surface area (Å²) >= 11 is 0. The van der Waals surface area contributed by atoms with E-state index in [1.54, 1.807) is 36.4 Å². The normalized spacial score (nSPS) is 25.6. The summed E-state index contributed by atoms with van der Waals surface area (Å²) in [6.45, 7) is 2.20. The number of nitrogens with one attached hydrogen (secondary N) is 1. The average Bonchev–Trinajstić information content (AvgIpc) is 3.07. The first-order chi connectivity index (χ1) is 12.8. The Kier molecular flexibility index (Phi) is 4.39. The van der Waals surface area contributed by atoms with Gasteiger partial charge >= 0.3 is 6.09 Å². The summed E-state index contributed by atoms with van der Waals surface area (Å²) in [5.41, 5.74) is 1.69. The molecule has 0 saturated carbocycles. The molecule has 2 heterocycles. The van der Waals surface area contributed by atoms with E-state index in [0.29, 0.717) is 0 Å². The lowest BCUT2D eigenvalue weighted by Gasteiger charge is -2.33. The number of hydrogen-bond donors (Lipinski definition) is 1. The average molecular weight is 390 g/mol. The minimum absolute atomic E-state index is 0.103. The molecule has 27 heavy (non-hydrogen) atoms. The molecular formula is C19H19FN2O4S. The lowest BCUT2D eigenvalue weighted by molar-refractivity contribution is 0.0405. The zero-order valence-electron chi connectivity index (χ0n) is 14.6. The number of rotatable bonds is 3. The summed E-state index contributed by atoms with van der Waals surface area (Å²) in [5.74, 6) is -0.628. The number of benzene rings is 2. The summed E-state index contributed by atoms with van der Waals surface area (Å²) in [6.07, 6.45) is -1.14. The molecule has 2 aromatic carbocycles. The highest BCUT2D eigenvalue weighted by Gasteiger charge is 2.48. The monoisotopic (exact) mass is 390 g/mol. The van der Waals surface area contributed by atoms with Crippen molar-refractivity contribution < 1.29 is 22.3 Å². The third-order valence-corrected chi connectivity index (χ3v) is 6.97. The number of ether oxygens (including phenoxy) is 1. The molecule has 2 saturated heterocycles. The maximum atomic E-state index is 13.2. The molecule has 2 fully saturated rings. The smallest absolute Gasteiger partial charge is 0.407 e. The van der Waals surface area contributed by atoms with Gasteiger partial charge in [0, 0.05) is 12.5 Å². The molecule has 2 aliphatic rings. The molecule has 0 spiro atoms. The Morgan fingerprint density at radius 3 is 2.41 bits per heavy atom. The van der Waals surface area contributed by atoms with Gasteiger partial charge in [0.25, 0.3) is 0 Å². The van der Waals surface area contributed by atoms with Gasteiger partial charge in [-0.3, -0.25) is 0 Å². The van der Waals surface area contributed by atoms with Crippen LogP contribution in [-0.2, 0) is 14.8 Å². The Morgan fingerprint density at radius 1 is 1.07 bits per heavy atom. The van der Waals surface area contributed by atoms with E-state index < -0.39 is 28.3 Å². The first kappa shape index (κ1) is 17.9. The van der Waals surface area contributed by atoms with Crippen LogP contribution >= 0.6 is 0 Å². The number of amides is 1. The second kappa shape index (κ2) is 6.61. The van der Waals surface area contributed by atoms with Crippen LogP contribution < -0.4 is 5.32 Å². The van der Waals surface area contributed by atoms with Crippen molar-refractivity contribution in [2.24, 2.45) is 5.92 Å². The van der Waals surface area contributed by atoms with E-state index in [4.69, 9.17) is 4.74 Å². The van der Waals surface area contributed by atoms with Crippen LogP contribution in [-0.4, -0.2) is 38.0 Å². The minimum atomic E-state index is -3.69. The molecule has 1 amide bonds. The van der Waals surface area contributed by atoms with Crippen LogP contribution in [0.5, 0.6) is 0 Å². The molecule has 0 aromatic heterocycles. The number of sulfonamides is 1. The van der Waals surface area contributed by atoms with Crippen LogP contribution in [0.3, 0.4) is 0 Å². The fraction of sp³-hybridized carbons (Fsp3) is 0.316. The maximum Gasteiger partial charge on any atom is 0.407 e. The van der Waals surface area contributed by atoms with Gasteiger partial charge < -0.3 is 10.1 Å². The molecule has 0 aliphatic carbocycles. The number of halogens is 1. The Hall–Kier alpha value is -2.45. The van der Waals surface area contributed by atoms with Gasteiger partial charge in [0.05, 0.1) is 17.5 Å². The molecule has 1 N–H and O–H groups in total. The van der Waals surface area contributed by atoms with Crippen molar-refractivity contribution in [3.05, 3.63) is 65.5 Å². The third-order valence-electron chi connectivity index (χ3n) is 5.12. The van der Waals surface area contributed by atoms with Gasteiger partial charge in [-0.1, -0.05) is 29.8 Å². The lowest BCUT2D eigenvalue weighted by atomic mass is 9.89. The van der Waals surface area contributed by atoms with Gasteiger partial charge in [0.2, 0.25) is 10.0 Å². The van der Waals surface area contributed by atoms with E-state index in [1.807, 2.05) is 6.92 Å². The van der Waals surface area contributed by atoms with E-state index in [0.717, 1.165) is 11.1 Å². The summed E-state index contributed by atoms with van der Waals surface area (Å²) < 4.78 is 45.9. The highest BCUT2D eigenvalue weighted by atomic mass is 32.2. The summed E-state index contributed by atoms with van der Waals surface area (Å²) in [4.78, 5) is 12.2. The number of aryl methyl sites for hydroxylation is 1. The summed E-state index contributed by atoms with van der Waals surface area (Å²) in [6, 6.07) is 12.1. The van der Waals surface area contributed by atoms with E-state index in [9.17, 15) is 17.6 Å². The molecule has 6 nitrogen and oxygen atoms in total. The highest BCUT2D eigenvalue weighted by molar-refractivity contribution is 7.89. The van der Waals surface area contributed by atoms with Gasteiger partial charge in [-0.2, -0.15) is 4.31 Å². The molecular weight excluding hydrogens is 371 g/mol.